The number of rotatable bonds is 0. The van der Waals surface area contributed by atoms with Crippen molar-refractivity contribution in [3.63, 3.8) is 0 Å². The van der Waals surface area contributed by atoms with Crippen LogP contribution in [0.4, 0.5) is 0 Å². The maximum atomic E-state index is 2.13. The Kier molecular flexibility index (Phi) is 3.98. The number of hydrogen-bond acceptors (Lipinski definition) is 0. The summed E-state index contributed by atoms with van der Waals surface area (Å²) in [5, 5.41) is 1.44. The predicted molar refractivity (Wildman–Crippen MR) is 29.3 cm³/mol. The molecule has 0 aliphatic carbocycles. The normalized spacial score (nSPS) is 8.71. The van der Waals surface area contributed by atoms with Gasteiger partial charge in [0.05, 0.1) is 0 Å². The molecule has 0 saturated carbocycles. The Morgan fingerprint density at radius 1 is 1.57 bits per heavy atom. The molecule has 2 heteroatoms. The standard InChI is InChI=1S/C5H6P.Zr/c1-5-3-2-4-6-5;/h2-4H,1H3;/q-1;. The van der Waals surface area contributed by atoms with Crippen molar-refractivity contribution in [1.29, 1.82) is 0 Å². The van der Waals surface area contributed by atoms with Crippen molar-refractivity contribution in [1.82, 2.24) is 0 Å². The van der Waals surface area contributed by atoms with Crippen LogP contribution >= 0.6 is 8.19 Å². The van der Waals surface area contributed by atoms with E-state index in [0.29, 0.717) is 0 Å². The zero-order valence-corrected chi connectivity index (χ0v) is 7.53. The summed E-state index contributed by atoms with van der Waals surface area (Å²) in [5.74, 6) is 2.13. The smallest absolute Gasteiger partial charge is 0 e. The van der Waals surface area contributed by atoms with Crippen LogP contribution in [0.1, 0.15) is 5.30 Å². The molecule has 0 spiro atoms. The summed E-state index contributed by atoms with van der Waals surface area (Å²) in [5.41, 5.74) is 0. The molecule has 0 nitrogen and oxygen atoms in total. The molecule has 0 atom stereocenters. The van der Waals surface area contributed by atoms with E-state index < -0.39 is 0 Å². The minimum Gasteiger partial charge on any atom is -0.224 e. The van der Waals surface area contributed by atoms with Crippen LogP contribution in [0.3, 0.4) is 0 Å². The van der Waals surface area contributed by atoms with Crippen molar-refractivity contribution >= 4 is 8.19 Å². The van der Waals surface area contributed by atoms with E-state index >= 15 is 0 Å². The average molecular weight is 188 g/mol. The van der Waals surface area contributed by atoms with E-state index in [2.05, 4.69) is 24.9 Å². The molecule has 1 aromatic heterocycles. The van der Waals surface area contributed by atoms with Gasteiger partial charge >= 0.3 is 0 Å². The van der Waals surface area contributed by atoms with Crippen LogP contribution in [0.25, 0.3) is 0 Å². The summed E-state index contributed by atoms with van der Waals surface area (Å²) in [4.78, 5) is 0. The molecule has 0 radical (unpaired) electrons. The van der Waals surface area contributed by atoms with Crippen LogP contribution in [0.2, 0.25) is 0 Å². The molecular formula is C5H6PZr-. The Balaban J connectivity index is 0.000000360. The van der Waals surface area contributed by atoms with Gasteiger partial charge in [-0.2, -0.15) is 11.9 Å². The SMILES string of the molecule is C[c-]1cccp1.[Zr]. The Labute approximate surface area is 64.5 Å². The van der Waals surface area contributed by atoms with Crippen molar-refractivity contribution in [3.05, 3.63) is 23.2 Å². The predicted octanol–water partition coefficient (Wildman–Crippen LogP) is 2.29. The van der Waals surface area contributed by atoms with Crippen molar-refractivity contribution in [2.75, 3.05) is 0 Å². The van der Waals surface area contributed by atoms with Gasteiger partial charge in [-0.15, -0.1) is 5.30 Å². The van der Waals surface area contributed by atoms with Gasteiger partial charge in [0.1, 0.15) is 0 Å². The summed E-state index contributed by atoms with van der Waals surface area (Å²) >= 11 is 0. The van der Waals surface area contributed by atoms with Gasteiger partial charge in [-0.3, -0.25) is 0 Å². The second kappa shape index (κ2) is 3.64. The second-order valence-corrected chi connectivity index (χ2v) is 2.54. The van der Waals surface area contributed by atoms with Crippen LogP contribution in [-0.4, -0.2) is 0 Å². The van der Waals surface area contributed by atoms with E-state index in [1.165, 1.54) is 13.5 Å². The third kappa shape index (κ3) is 2.47. The topological polar surface area (TPSA) is 0 Å². The second-order valence-electron chi connectivity index (χ2n) is 1.28. The van der Waals surface area contributed by atoms with Crippen molar-refractivity contribution in [3.8, 4) is 0 Å². The fourth-order valence-electron chi connectivity index (χ4n) is 0.386. The largest absolute Gasteiger partial charge is 0.224 e. The Bertz CT molecular complexity index is 112. The van der Waals surface area contributed by atoms with Crippen molar-refractivity contribution in [2.24, 2.45) is 0 Å². The summed E-state index contributed by atoms with van der Waals surface area (Å²) in [6.07, 6.45) is 0. The van der Waals surface area contributed by atoms with Gasteiger partial charge in [0.15, 0.2) is 0 Å². The third-order valence-electron chi connectivity index (χ3n) is 0.702. The Hall–Kier alpha value is 0.663. The molecular weight excluding hydrogens is 182 g/mol. The minimum atomic E-state index is 0. The summed E-state index contributed by atoms with van der Waals surface area (Å²) in [7, 11) is 1.37. The maximum absolute atomic E-state index is 2.13. The van der Waals surface area contributed by atoms with Crippen LogP contribution in [0.15, 0.2) is 17.9 Å². The molecule has 0 aliphatic heterocycles. The molecule has 0 unspecified atom stereocenters. The zero-order valence-electron chi connectivity index (χ0n) is 4.18. The van der Waals surface area contributed by atoms with Crippen LogP contribution < -0.4 is 0 Å². The van der Waals surface area contributed by atoms with Gasteiger partial charge < -0.3 is 0 Å². The molecule has 0 fully saturated rings. The average Bonchev–Trinajstić information content (AvgIpc) is 1.86. The van der Waals surface area contributed by atoms with E-state index in [-0.39, 0.29) is 26.2 Å². The molecule has 0 bridgehead atoms. The first-order chi connectivity index (χ1) is 2.89. The zero-order chi connectivity index (χ0) is 4.41. The molecule has 1 aromatic rings. The Morgan fingerprint density at radius 2 is 2.29 bits per heavy atom. The fraction of sp³-hybridized carbons (Fsp3) is 0.200. The van der Waals surface area contributed by atoms with E-state index in [0.717, 1.165) is 0 Å². The third-order valence-corrected chi connectivity index (χ3v) is 1.58. The van der Waals surface area contributed by atoms with Gasteiger partial charge in [-0.1, -0.05) is 6.92 Å². The van der Waals surface area contributed by atoms with E-state index in [1.54, 1.807) is 0 Å². The first-order valence-electron chi connectivity index (χ1n) is 1.94. The Morgan fingerprint density at radius 3 is 2.43 bits per heavy atom. The quantitative estimate of drug-likeness (QED) is 0.548. The van der Waals surface area contributed by atoms with Crippen LogP contribution in [0, 0.1) is 6.92 Å². The summed E-state index contributed by atoms with van der Waals surface area (Å²) in [6, 6.07) is 4.21. The molecule has 0 aliphatic rings. The van der Waals surface area contributed by atoms with Crippen molar-refractivity contribution in [2.45, 2.75) is 6.92 Å². The number of aryl methyl sites for hydroxylation is 1. The first-order valence-corrected chi connectivity index (χ1v) is 2.90. The molecule has 0 amide bonds. The van der Waals surface area contributed by atoms with Crippen LogP contribution in [-0.2, 0) is 26.2 Å². The van der Waals surface area contributed by atoms with Gasteiger partial charge in [-0.25, -0.2) is 14.3 Å². The molecule has 36 valence electrons. The molecule has 1 heterocycles. The van der Waals surface area contributed by atoms with Gasteiger partial charge in [-0.05, 0) is 0 Å². The molecule has 0 saturated heterocycles. The minimum absolute atomic E-state index is 0. The molecule has 0 N–H and O–H groups in total. The summed E-state index contributed by atoms with van der Waals surface area (Å²) in [6.45, 7) is 2.13. The van der Waals surface area contributed by atoms with Gasteiger partial charge in [0.2, 0.25) is 0 Å². The van der Waals surface area contributed by atoms with Gasteiger partial charge in [0, 0.05) is 26.2 Å². The van der Waals surface area contributed by atoms with E-state index in [9.17, 15) is 0 Å². The number of hydrogen-bond donors (Lipinski definition) is 0. The molecule has 0 aromatic carbocycles. The molecule has 1 rings (SSSR count). The van der Waals surface area contributed by atoms with Crippen molar-refractivity contribution < 1.29 is 26.2 Å². The monoisotopic (exact) mass is 187 g/mol. The fourth-order valence-corrected chi connectivity index (χ4v) is 0.965. The maximum Gasteiger partial charge on any atom is 0 e. The first kappa shape index (κ1) is 7.66. The van der Waals surface area contributed by atoms with Crippen LogP contribution in [0.5, 0.6) is 0 Å². The van der Waals surface area contributed by atoms with E-state index in [4.69, 9.17) is 0 Å². The van der Waals surface area contributed by atoms with Gasteiger partial charge in [0.25, 0.3) is 0 Å². The molecule has 7 heavy (non-hydrogen) atoms. The summed E-state index contributed by atoms with van der Waals surface area (Å²) < 4.78 is 0. The van der Waals surface area contributed by atoms with E-state index in [1.807, 2.05) is 0 Å².